The maximum atomic E-state index is 7.33. The van der Waals surface area contributed by atoms with Crippen LogP contribution in [0.5, 0.6) is 0 Å². The molecule has 0 aliphatic heterocycles. The highest BCUT2D eigenvalue weighted by atomic mass is 32.1. The van der Waals surface area contributed by atoms with E-state index < -0.39 is 0 Å². The van der Waals surface area contributed by atoms with Gasteiger partial charge in [0.1, 0.15) is 5.01 Å². The zero-order valence-corrected chi connectivity index (χ0v) is 12.6. The average molecular weight is 268 g/mol. The van der Waals surface area contributed by atoms with Gasteiger partial charge in [-0.25, -0.2) is 4.98 Å². The first kappa shape index (κ1) is 15.1. The molecule has 0 saturated heterocycles. The van der Waals surface area contributed by atoms with Crippen LogP contribution in [-0.4, -0.2) is 28.8 Å². The summed E-state index contributed by atoms with van der Waals surface area (Å²) in [5.41, 5.74) is 6.57. The smallest absolute Gasteiger partial charge is 0.107 e. The van der Waals surface area contributed by atoms with Crippen LogP contribution in [0, 0.1) is 25.2 Å². The van der Waals surface area contributed by atoms with Gasteiger partial charge in [0, 0.05) is 24.4 Å². The number of hydrogen-bond acceptors (Lipinski definition) is 4. The Morgan fingerprint density at radius 2 is 2.11 bits per heavy atom. The number of aryl methyl sites for hydroxylation is 2. The lowest BCUT2D eigenvalue weighted by Gasteiger charge is -2.22. The van der Waals surface area contributed by atoms with Gasteiger partial charge in [-0.2, -0.15) is 0 Å². The van der Waals surface area contributed by atoms with Crippen molar-refractivity contribution in [1.82, 2.24) is 9.88 Å². The third-order valence-electron chi connectivity index (χ3n) is 2.75. The number of rotatable bonds is 7. The molecular weight excluding hydrogens is 244 g/mol. The summed E-state index contributed by atoms with van der Waals surface area (Å²) in [6.45, 7) is 11.3. The highest BCUT2D eigenvalue weighted by molar-refractivity contribution is 7.11. The van der Waals surface area contributed by atoms with Gasteiger partial charge in [0.05, 0.1) is 18.1 Å². The molecular formula is C13H24N4S. The van der Waals surface area contributed by atoms with Crippen LogP contribution in [0.25, 0.3) is 0 Å². The van der Waals surface area contributed by atoms with E-state index in [2.05, 4.69) is 37.6 Å². The van der Waals surface area contributed by atoms with Gasteiger partial charge in [-0.05, 0) is 19.8 Å². The van der Waals surface area contributed by atoms with Crippen LogP contribution >= 0.6 is 11.3 Å². The normalized spacial score (nSPS) is 11.4. The summed E-state index contributed by atoms with van der Waals surface area (Å²) >= 11 is 1.77. The molecule has 3 N–H and O–H groups in total. The first-order chi connectivity index (χ1) is 8.38. The first-order valence-corrected chi connectivity index (χ1v) is 7.18. The molecule has 1 aromatic heterocycles. The predicted molar refractivity (Wildman–Crippen MR) is 78.2 cm³/mol. The molecule has 1 heterocycles. The van der Waals surface area contributed by atoms with Gasteiger partial charge >= 0.3 is 0 Å². The predicted octanol–water partition coefficient (Wildman–Crippen LogP) is 2.54. The van der Waals surface area contributed by atoms with Crippen molar-refractivity contribution < 1.29 is 0 Å². The van der Waals surface area contributed by atoms with Crippen molar-refractivity contribution in [3.63, 3.8) is 0 Å². The fraction of sp³-hybridized carbons (Fsp3) is 0.692. The third-order valence-corrected chi connectivity index (χ3v) is 3.81. The summed E-state index contributed by atoms with van der Waals surface area (Å²) in [4.78, 5) is 8.21. The molecule has 0 saturated carbocycles. The SMILES string of the molecule is Cc1nc(CN(CCC(=N)N)CC(C)C)sc1C. The lowest BCUT2D eigenvalue weighted by molar-refractivity contribution is 0.242. The second-order valence-corrected chi connectivity index (χ2v) is 6.44. The second kappa shape index (κ2) is 6.85. The van der Waals surface area contributed by atoms with Crippen molar-refractivity contribution in [3.8, 4) is 0 Å². The number of aromatic nitrogens is 1. The molecule has 18 heavy (non-hydrogen) atoms. The molecule has 0 amide bonds. The Labute approximate surface area is 114 Å². The molecule has 5 heteroatoms. The van der Waals surface area contributed by atoms with E-state index in [4.69, 9.17) is 11.1 Å². The summed E-state index contributed by atoms with van der Waals surface area (Å²) in [5.74, 6) is 0.870. The number of amidine groups is 1. The highest BCUT2D eigenvalue weighted by Crippen LogP contribution is 2.18. The Hall–Kier alpha value is -0.940. The van der Waals surface area contributed by atoms with Crippen LogP contribution in [-0.2, 0) is 6.54 Å². The molecule has 0 spiro atoms. The molecule has 4 nitrogen and oxygen atoms in total. The van der Waals surface area contributed by atoms with E-state index in [1.165, 1.54) is 4.88 Å². The van der Waals surface area contributed by atoms with Gasteiger partial charge < -0.3 is 5.73 Å². The Balaban J connectivity index is 2.62. The largest absolute Gasteiger partial charge is 0.388 e. The Bertz CT molecular complexity index is 378. The van der Waals surface area contributed by atoms with E-state index in [9.17, 15) is 0 Å². The van der Waals surface area contributed by atoms with Gasteiger partial charge in [0.25, 0.3) is 0 Å². The van der Waals surface area contributed by atoms with E-state index in [0.29, 0.717) is 12.3 Å². The molecule has 0 fully saturated rings. The summed E-state index contributed by atoms with van der Waals surface area (Å²) in [6, 6.07) is 0. The van der Waals surface area contributed by atoms with E-state index in [0.717, 1.165) is 30.3 Å². The standard InChI is InChI=1S/C13H24N4S/c1-9(2)7-17(6-5-12(14)15)8-13-16-10(3)11(4)18-13/h9H,5-8H2,1-4H3,(H3,14,15). The number of nitrogens with zero attached hydrogens (tertiary/aromatic N) is 2. The van der Waals surface area contributed by atoms with Crippen molar-refractivity contribution in [3.05, 3.63) is 15.6 Å². The maximum Gasteiger partial charge on any atom is 0.107 e. The monoisotopic (exact) mass is 268 g/mol. The zero-order valence-electron chi connectivity index (χ0n) is 11.8. The lowest BCUT2D eigenvalue weighted by Crippen LogP contribution is -2.30. The van der Waals surface area contributed by atoms with Gasteiger partial charge in [-0.3, -0.25) is 10.3 Å². The summed E-state index contributed by atoms with van der Waals surface area (Å²) < 4.78 is 0. The van der Waals surface area contributed by atoms with Crippen LogP contribution in [0.3, 0.4) is 0 Å². The minimum atomic E-state index is 0.259. The molecule has 0 aromatic carbocycles. The molecule has 0 bridgehead atoms. The maximum absolute atomic E-state index is 7.33. The fourth-order valence-corrected chi connectivity index (χ4v) is 2.80. The van der Waals surface area contributed by atoms with Crippen LogP contribution < -0.4 is 5.73 Å². The van der Waals surface area contributed by atoms with Crippen molar-refractivity contribution in [2.75, 3.05) is 13.1 Å². The van der Waals surface area contributed by atoms with Gasteiger partial charge in [-0.15, -0.1) is 11.3 Å². The number of thiazole rings is 1. The molecule has 0 aliphatic carbocycles. The summed E-state index contributed by atoms with van der Waals surface area (Å²) in [5, 5.41) is 8.49. The third kappa shape index (κ3) is 5.14. The topological polar surface area (TPSA) is 66.0 Å². The van der Waals surface area contributed by atoms with Crippen LogP contribution in [0.4, 0.5) is 0 Å². The van der Waals surface area contributed by atoms with Gasteiger partial charge in [0.2, 0.25) is 0 Å². The van der Waals surface area contributed by atoms with E-state index in [1.807, 2.05) is 0 Å². The zero-order chi connectivity index (χ0) is 13.7. The molecule has 0 unspecified atom stereocenters. The average Bonchev–Trinajstić information content (AvgIpc) is 2.54. The molecule has 0 aliphatic rings. The van der Waals surface area contributed by atoms with E-state index in [-0.39, 0.29) is 5.84 Å². The number of nitrogens with one attached hydrogen (secondary N) is 1. The molecule has 0 radical (unpaired) electrons. The van der Waals surface area contributed by atoms with Crippen LogP contribution in [0.2, 0.25) is 0 Å². The summed E-state index contributed by atoms with van der Waals surface area (Å²) in [6.07, 6.45) is 0.635. The van der Waals surface area contributed by atoms with Gasteiger partial charge in [-0.1, -0.05) is 13.8 Å². The minimum absolute atomic E-state index is 0.259. The molecule has 102 valence electrons. The quantitative estimate of drug-likeness (QED) is 0.590. The molecule has 1 aromatic rings. The summed E-state index contributed by atoms with van der Waals surface area (Å²) in [7, 11) is 0. The van der Waals surface area contributed by atoms with Crippen molar-refractivity contribution in [2.45, 2.75) is 40.7 Å². The first-order valence-electron chi connectivity index (χ1n) is 6.36. The number of nitrogens with two attached hydrogens (primary N) is 1. The highest BCUT2D eigenvalue weighted by Gasteiger charge is 2.12. The van der Waals surface area contributed by atoms with Crippen LogP contribution in [0.15, 0.2) is 0 Å². The van der Waals surface area contributed by atoms with E-state index in [1.54, 1.807) is 11.3 Å². The molecule has 0 atom stereocenters. The second-order valence-electron chi connectivity index (χ2n) is 5.15. The molecule has 1 rings (SSSR count). The fourth-order valence-electron chi connectivity index (χ4n) is 1.83. The van der Waals surface area contributed by atoms with Crippen molar-refractivity contribution in [2.24, 2.45) is 11.7 Å². The van der Waals surface area contributed by atoms with Crippen LogP contribution in [0.1, 0.15) is 35.8 Å². The van der Waals surface area contributed by atoms with Crippen molar-refractivity contribution >= 4 is 17.2 Å². The Kier molecular flexibility index (Phi) is 5.75. The Morgan fingerprint density at radius 3 is 2.56 bits per heavy atom. The minimum Gasteiger partial charge on any atom is -0.388 e. The van der Waals surface area contributed by atoms with E-state index >= 15 is 0 Å². The number of hydrogen-bond donors (Lipinski definition) is 2. The lowest BCUT2D eigenvalue weighted by atomic mass is 10.2. The van der Waals surface area contributed by atoms with Gasteiger partial charge in [0.15, 0.2) is 0 Å². The Morgan fingerprint density at radius 1 is 1.44 bits per heavy atom. The van der Waals surface area contributed by atoms with Crippen molar-refractivity contribution in [1.29, 1.82) is 5.41 Å².